The molecular weight excluding hydrogens is 222 g/mol. The Bertz CT molecular complexity index is 616. The molecule has 0 N–H and O–H groups in total. The zero-order chi connectivity index (χ0) is 13.5. The van der Waals surface area contributed by atoms with Crippen molar-refractivity contribution in [3.63, 3.8) is 0 Å². The van der Waals surface area contributed by atoms with Gasteiger partial charge in [-0.15, -0.1) is 0 Å². The highest BCUT2D eigenvalue weighted by molar-refractivity contribution is 5.59. The molecule has 1 rings (SSSR count). The van der Waals surface area contributed by atoms with Crippen LogP contribution in [0.1, 0.15) is 18.1 Å². The summed E-state index contributed by atoms with van der Waals surface area (Å²) in [5.41, 5.74) is 1.43. The lowest BCUT2D eigenvalue weighted by Crippen LogP contribution is -2.31. The number of hydrogen-bond donors (Lipinski definition) is 0. The topological polar surface area (TPSA) is 39.9 Å². The van der Waals surface area contributed by atoms with Crippen LogP contribution in [0.5, 0.6) is 0 Å². The predicted octanol–water partition coefficient (Wildman–Crippen LogP) is 1.25. The molecule has 0 aliphatic heterocycles. The van der Waals surface area contributed by atoms with Crippen molar-refractivity contribution in [3.05, 3.63) is 46.7 Å². The van der Waals surface area contributed by atoms with Crippen molar-refractivity contribution in [1.82, 2.24) is 9.88 Å². The van der Waals surface area contributed by atoms with Crippen molar-refractivity contribution in [1.29, 1.82) is 5.26 Å². The molecule has 1 aromatic rings. The van der Waals surface area contributed by atoms with E-state index in [1.165, 1.54) is 0 Å². The zero-order valence-electron chi connectivity index (χ0n) is 11.0. The quantitative estimate of drug-likeness (QED) is 0.797. The Morgan fingerprint density at radius 1 is 1.44 bits per heavy atom. The van der Waals surface area contributed by atoms with Gasteiger partial charge in [-0.3, -0.25) is 4.98 Å². The van der Waals surface area contributed by atoms with Gasteiger partial charge in [0, 0.05) is 31.1 Å². The van der Waals surface area contributed by atoms with Crippen LogP contribution in [-0.2, 0) is 0 Å². The third kappa shape index (κ3) is 3.08. The van der Waals surface area contributed by atoms with E-state index in [1.807, 2.05) is 50.3 Å². The fourth-order valence-electron chi connectivity index (χ4n) is 1.55. The van der Waals surface area contributed by atoms with Gasteiger partial charge in [0.25, 0.3) is 0 Å². The number of hydrogen-bond acceptors (Lipinski definition) is 3. The second-order valence-electron chi connectivity index (χ2n) is 3.97. The molecule has 0 amide bonds. The fraction of sp³-hybridized carbons (Fsp3) is 0.200. The molecule has 92 valence electrons. The van der Waals surface area contributed by atoms with Crippen LogP contribution in [0.3, 0.4) is 0 Å². The van der Waals surface area contributed by atoms with E-state index in [-0.39, 0.29) is 0 Å². The van der Waals surface area contributed by atoms with Gasteiger partial charge in [0.15, 0.2) is 0 Å². The molecule has 0 atom stereocenters. The van der Waals surface area contributed by atoms with Crippen LogP contribution in [0.4, 0.5) is 0 Å². The van der Waals surface area contributed by atoms with E-state index in [1.54, 1.807) is 12.3 Å². The summed E-state index contributed by atoms with van der Waals surface area (Å²) >= 11 is 0. The Hall–Kier alpha value is -2.34. The van der Waals surface area contributed by atoms with Gasteiger partial charge in [0.2, 0.25) is 0 Å². The second kappa shape index (κ2) is 6.41. The molecule has 3 heteroatoms. The number of nitriles is 1. The summed E-state index contributed by atoms with van der Waals surface area (Å²) in [7, 11) is 3.86. The van der Waals surface area contributed by atoms with Gasteiger partial charge < -0.3 is 4.90 Å². The first-order valence-electron chi connectivity index (χ1n) is 5.67. The molecule has 0 fully saturated rings. The minimum absolute atomic E-state index is 0.621. The minimum Gasteiger partial charge on any atom is -0.383 e. The van der Waals surface area contributed by atoms with Gasteiger partial charge in [0.1, 0.15) is 6.07 Å². The standard InChI is InChI=1S/C15H17N3/c1-5-7-13-14(10-16)12(8-9-18(3)4)11-17-15(13)6-2/h5-9,11H,1H2,2-4H3/b9-8+,13-7-,15-6+. The third-order valence-corrected chi connectivity index (χ3v) is 2.40. The number of nitrogens with zero attached hydrogens (tertiary/aromatic N) is 3. The van der Waals surface area contributed by atoms with Gasteiger partial charge in [-0.25, -0.2) is 0 Å². The summed E-state index contributed by atoms with van der Waals surface area (Å²) in [4.78, 5) is 6.26. The van der Waals surface area contributed by atoms with Crippen molar-refractivity contribution in [2.24, 2.45) is 0 Å². The summed E-state index contributed by atoms with van der Waals surface area (Å²) in [6, 6.07) is 2.24. The van der Waals surface area contributed by atoms with Gasteiger partial charge in [-0.1, -0.05) is 24.8 Å². The first kappa shape index (κ1) is 13.7. The van der Waals surface area contributed by atoms with Crippen molar-refractivity contribution in [2.75, 3.05) is 14.1 Å². The molecule has 18 heavy (non-hydrogen) atoms. The molecule has 0 unspecified atom stereocenters. The van der Waals surface area contributed by atoms with Crippen LogP contribution in [0.2, 0.25) is 0 Å². The monoisotopic (exact) mass is 239 g/mol. The number of rotatable bonds is 3. The summed E-state index contributed by atoms with van der Waals surface area (Å²) < 4.78 is 0. The highest BCUT2D eigenvalue weighted by Crippen LogP contribution is 2.03. The molecule has 0 aliphatic rings. The Morgan fingerprint density at radius 3 is 2.67 bits per heavy atom. The average molecular weight is 239 g/mol. The van der Waals surface area contributed by atoms with Crippen LogP contribution in [0, 0.1) is 11.3 Å². The van der Waals surface area contributed by atoms with Crippen LogP contribution in [-0.4, -0.2) is 24.0 Å². The van der Waals surface area contributed by atoms with Crippen LogP contribution >= 0.6 is 0 Å². The Balaban J connectivity index is 3.60. The van der Waals surface area contributed by atoms with E-state index in [0.717, 1.165) is 16.1 Å². The van der Waals surface area contributed by atoms with E-state index in [9.17, 15) is 5.26 Å². The maximum Gasteiger partial charge on any atom is 0.101 e. The lowest BCUT2D eigenvalue weighted by atomic mass is 10.1. The summed E-state index contributed by atoms with van der Waals surface area (Å²) in [5, 5.41) is 10.9. The molecule has 0 bridgehead atoms. The van der Waals surface area contributed by atoms with E-state index in [2.05, 4.69) is 17.6 Å². The maximum atomic E-state index is 9.32. The van der Waals surface area contributed by atoms with Gasteiger partial charge in [-0.2, -0.15) is 5.26 Å². The van der Waals surface area contributed by atoms with Crippen LogP contribution in [0.15, 0.2) is 25.1 Å². The Kier molecular flexibility index (Phi) is 4.89. The highest BCUT2D eigenvalue weighted by atomic mass is 15.0. The van der Waals surface area contributed by atoms with E-state index >= 15 is 0 Å². The van der Waals surface area contributed by atoms with E-state index in [4.69, 9.17) is 0 Å². The summed E-state index contributed by atoms with van der Waals surface area (Å²) in [6.07, 6.45) is 10.9. The predicted molar refractivity (Wildman–Crippen MR) is 75.7 cm³/mol. The van der Waals surface area contributed by atoms with Crippen molar-refractivity contribution < 1.29 is 0 Å². The summed E-state index contributed by atoms with van der Waals surface area (Å²) in [6.45, 7) is 5.58. The molecule has 1 heterocycles. The molecule has 0 saturated heterocycles. The second-order valence-corrected chi connectivity index (χ2v) is 3.97. The molecule has 0 radical (unpaired) electrons. The first-order chi connectivity index (χ1) is 8.63. The van der Waals surface area contributed by atoms with Crippen LogP contribution < -0.4 is 10.6 Å². The largest absolute Gasteiger partial charge is 0.383 e. The molecule has 0 spiro atoms. The SMILES string of the molecule is C=C/C=c1/c(C#N)c(/C=C/N(C)C)cn/c1=C/C. The first-order valence-corrected chi connectivity index (χ1v) is 5.67. The summed E-state index contributed by atoms with van der Waals surface area (Å²) in [5.74, 6) is 0. The zero-order valence-corrected chi connectivity index (χ0v) is 11.0. The van der Waals surface area contributed by atoms with Crippen molar-refractivity contribution >= 4 is 18.2 Å². The molecule has 1 aromatic heterocycles. The van der Waals surface area contributed by atoms with Crippen LogP contribution in [0.25, 0.3) is 18.2 Å². The molecule has 3 nitrogen and oxygen atoms in total. The fourth-order valence-corrected chi connectivity index (χ4v) is 1.55. The molecule has 0 aliphatic carbocycles. The van der Waals surface area contributed by atoms with Crippen molar-refractivity contribution in [3.8, 4) is 6.07 Å². The highest BCUT2D eigenvalue weighted by Gasteiger charge is 2.02. The maximum absolute atomic E-state index is 9.32. The Morgan fingerprint density at radius 2 is 2.17 bits per heavy atom. The normalized spacial score (nSPS) is 12.8. The Labute approximate surface area is 108 Å². The molecular formula is C15H17N3. The van der Waals surface area contributed by atoms with Gasteiger partial charge >= 0.3 is 0 Å². The average Bonchev–Trinajstić information content (AvgIpc) is 2.36. The molecule has 0 saturated carbocycles. The van der Waals surface area contributed by atoms with E-state index < -0.39 is 0 Å². The smallest absolute Gasteiger partial charge is 0.101 e. The van der Waals surface area contributed by atoms with Gasteiger partial charge in [0.05, 0.1) is 10.9 Å². The number of allylic oxidation sites excluding steroid dienone is 1. The minimum atomic E-state index is 0.621. The lowest BCUT2D eigenvalue weighted by molar-refractivity contribution is 0.567. The lowest BCUT2D eigenvalue weighted by Gasteiger charge is -2.04. The number of aromatic nitrogens is 1. The van der Waals surface area contributed by atoms with Gasteiger partial charge in [-0.05, 0) is 19.2 Å². The van der Waals surface area contributed by atoms with E-state index in [0.29, 0.717) is 5.56 Å². The molecule has 0 aromatic carbocycles. The third-order valence-electron chi connectivity index (χ3n) is 2.40. The van der Waals surface area contributed by atoms with Crippen molar-refractivity contribution in [2.45, 2.75) is 6.92 Å². The number of pyridine rings is 1.